The molecule has 0 saturated heterocycles. The van der Waals surface area contributed by atoms with Crippen molar-refractivity contribution in [3.63, 3.8) is 0 Å². The molecule has 1 amide bonds. The van der Waals surface area contributed by atoms with Crippen LogP contribution in [0.15, 0.2) is 18.3 Å². The maximum absolute atomic E-state index is 11.3. The minimum atomic E-state index is -0.503. The Hall–Kier alpha value is -1.62. The Morgan fingerprint density at radius 3 is 2.88 bits per heavy atom. The minimum Gasteiger partial charge on any atom is -0.456 e. The van der Waals surface area contributed by atoms with Crippen LogP contribution in [-0.4, -0.2) is 23.5 Å². The molecule has 0 radical (unpaired) electrons. The molecule has 1 aromatic rings. The number of hydrogen-bond donors (Lipinski definition) is 1. The maximum Gasteiger partial charge on any atom is 0.303 e. The number of carbonyl (C=O) groups excluding carboxylic acids is 2. The number of aromatic nitrogens is 1. The van der Waals surface area contributed by atoms with Gasteiger partial charge in [-0.3, -0.25) is 9.59 Å². The summed E-state index contributed by atoms with van der Waals surface area (Å²) in [5, 5.41) is 2.34. The average molecular weight is 257 g/mol. The van der Waals surface area contributed by atoms with Crippen molar-refractivity contribution in [2.45, 2.75) is 19.2 Å². The van der Waals surface area contributed by atoms with Gasteiger partial charge in [0.1, 0.15) is 5.82 Å². The lowest BCUT2D eigenvalue weighted by Gasteiger charge is -2.07. The van der Waals surface area contributed by atoms with Gasteiger partial charge in [0.25, 0.3) is 5.91 Å². The number of esters is 1. The van der Waals surface area contributed by atoms with Gasteiger partial charge in [-0.2, -0.15) is 0 Å². The molecule has 1 N–H and O–H groups in total. The molecule has 0 spiro atoms. The lowest BCUT2D eigenvalue weighted by molar-refractivity contribution is -0.144. The van der Waals surface area contributed by atoms with Crippen molar-refractivity contribution in [2.75, 3.05) is 11.9 Å². The summed E-state index contributed by atoms with van der Waals surface area (Å²) in [6.07, 6.45) is 1.55. The molecule has 17 heavy (non-hydrogen) atoms. The number of alkyl halides is 1. The third-order valence-electron chi connectivity index (χ3n) is 1.92. The first-order chi connectivity index (χ1) is 7.99. The molecule has 92 valence electrons. The van der Waals surface area contributed by atoms with E-state index in [1.165, 1.54) is 6.92 Å². The van der Waals surface area contributed by atoms with Crippen LogP contribution in [0.3, 0.4) is 0 Å². The molecule has 0 aliphatic carbocycles. The zero-order valence-electron chi connectivity index (χ0n) is 9.57. The number of nitrogens with zero attached hydrogens (tertiary/aromatic N) is 1. The quantitative estimate of drug-likeness (QED) is 0.660. The highest BCUT2D eigenvalue weighted by molar-refractivity contribution is 6.20. The Kier molecular flexibility index (Phi) is 4.90. The summed E-state index contributed by atoms with van der Waals surface area (Å²) in [6, 6.07) is 3.43. The Morgan fingerprint density at radius 2 is 2.29 bits per heavy atom. The number of rotatable bonds is 4. The van der Waals surface area contributed by atoms with Crippen LogP contribution < -0.4 is 5.32 Å². The van der Waals surface area contributed by atoms with E-state index in [2.05, 4.69) is 15.0 Å². The Bertz CT molecular complexity index is 421. The monoisotopic (exact) mass is 256 g/mol. The van der Waals surface area contributed by atoms with E-state index < -0.39 is 11.9 Å². The molecule has 0 saturated carbocycles. The van der Waals surface area contributed by atoms with E-state index in [1.54, 1.807) is 18.3 Å². The maximum atomic E-state index is 11.3. The predicted octanol–water partition coefficient (Wildman–Crippen LogP) is 1.88. The van der Waals surface area contributed by atoms with Gasteiger partial charge in [-0.1, -0.05) is 0 Å². The van der Waals surface area contributed by atoms with Gasteiger partial charge in [0, 0.05) is 13.1 Å². The summed E-state index contributed by atoms with van der Waals surface area (Å²) in [5.74, 6) is -0.560. The van der Waals surface area contributed by atoms with Crippen molar-refractivity contribution in [1.82, 2.24) is 4.98 Å². The molecular formula is C11H13ClN2O3. The smallest absolute Gasteiger partial charge is 0.303 e. The van der Waals surface area contributed by atoms with E-state index in [1.807, 2.05) is 6.92 Å². The minimum absolute atomic E-state index is 0.165. The first kappa shape index (κ1) is 13.4. The number of amides is 1. The molecule has 0 bridgehead atoms. The highest BCUT2D eigenvalue weighted by Gasteiger charge is 2.07. The summed E-state index contributed by atoms with van der Waals surface area (Å²) in [6.45, 7) is 2.74. The van der Waals surface area contributed by atoms with E-state index >= 15 is 0 Å². The fourth-order valence-electron chi connectivity index (χ4n) is 1.11. The zero-order chi connectivity index (χ0) is 12.8. The summed E-state index contributed by atoms with van der Waals surface area (Å²) in [7, 11) is 0. The Balaban J connectivity index is 2.59. The fourth-order valence-corrected chi connectivity index (χ4v) is 1.24. The zero-order valence-corrected chi connectivity index (χ0v) is 10.3. The van der Waals surface area contributed by atoms with Crippen molar-refractivity contribution in [3.8, 4) is 0 Å². The molecule has 0 aromatic carbocycles. The van der Waals surface area contributed by atoms with Crippen molar-refractivity contribution in [2.24, 2.45) is 0 Å². The van der Waals surface area contributed by atoms with Crippen molar-refractivity contribution < 1.29 is 14.3 Å². The van der Waals surface area contributed by atoms with Gasteiger partial charge in [0.2, 0.25) is 0 Å². The van der Waals surface area contributed by atoms with Crippen LogP contribution in [0.25, 0.3) is 0 Å². The number of nitrogens with one attached hydrogen (secondary N) is 1. The lowest BCUT2D eigenvalue weighted by Crippen LogP contribution is -2.20. The van der Waals surface area contributed by atoms with Gasteiger partial charge in [-0.15, -0.1) is 11.6 Å². The molecule has 5 nitrogen and oxygen atoms in total. The molecule has 6 heteroatoms. The van der Waals surface area contributed by atoms with Crippen LogP contribution in [0.1, 0.15) is 24.8 Å². The number of ether oxygens (including phenoxy) is 1. The van der Waals surface area contributed by atoms with Crippen LogP contribution >= 0.6 is 11.6 Å². The van der Waals surface area contributed by atoms with Crippen LogP contribution in [-0.2, 0) is 14.3 Å². The van der Waals surface area contributed by atoms with Crippen LogP contribution in [0, 0.1) is 0 Å². The van der Waals surface area contributed by atoms with Gasteiger partial charge < -0.3 is 10.1 Å². The SMILES string of the molecule is CC(=O)OCC(=O)Nc1cc(C(C)Cl)ccn1. The number of halogens is 1. The third kappa shape index (κ3) is 4.82. The summed E-state index contributed by atoms with van der Waals surface area (Å²) in [4.78, 5) is 25.8. The number of pyridine rings is 1. The predicted molar refractivity (Wildman–Crippen MR) is 63.8 cm³/mol. The molecule has 0 aliphatic heterocycles. The second-order valence-corrected chi connectivity index (χ2v) is 4.07. The largest absolute Gasteiger partial charge is 0.456 e. The van der Waals surface area contributed by atoms with Crippen molar-refractivity contribution in [1.29, 1.82) is 0 Å². The molecule has 1 unspecified atom stereocenters. The molecular weight excluding hydrogens is 244 g/mol. The molecule has 1 rings (SSSR count). The Labute approximate surface area is 104 Å². The molecule has 1 heterocycles. The highest BCUT2D eigenvalue weighted by Crippen LogP contribution is 2.20. The average Bonchev–Trinajstić information content (AvgIpc) is 2.26. The van der Waals surface area contributed by atoms with Gasteiger partial charge >= 0.3 is 5.97 Å². The van der Waals surface area contributed by atoms with E-state index in [4.69, 9.17) is 11.6 Å². The number of anilines is 1. The van der Waals surface area contributed by atoms with Crippen LogP contribution in [0.5, 0.6) is 0 Å². The Morgan fingerprint density at radius 1 is 1.59 bits per heavy atom. The first-order valence-corrected chi connectivity index (χ1v) is 5.46. The first-order valence-electron chi connectivity index (χ1n) is 5.02. The standard InChI is InChI=1S/C11H13ClN2O3/c1-7(12)9-3-4-13-10(5-9)14-11(16)6-17-8(2)15/h3-5,7H,6H2,1-2H3,(H,13,14,16). The van der Waals surface area contributed by atoms with E-state index in [-0.39, 0.29) is 12.0 Å². The van der Waals surface area contributed by atoms with Gasteiger partial charge in [0.05, 0.1) is 5.38 Å². The summed E-state index contributed by atoms with van der Waals surface area (Å²) >= 11 is 5.90. The van der Waals surface area contributed by atoms with Crippen LogP contribution in [0.4, 0.5) is 5.82 Å². The van der Waals surface area contributed by atoms with E-state index in [0.717, 1.165) is 5.56 Å². The van der Waals surface area contributed by atoms with Gasteiger partial charge in [-0.05, 0) is 24.6 Å². The van der Waals surface area contributed by atoms with Crippen LogP contribution in [0.2, 0.25) is 0 Å². The number of hydrogen-bond acceptors (Lipinski definition) is 4. The van der Waals surface area contributed by atoms with E-state index in [9.17, 15) is 9.59 Å². The van der Waals surface area contributed by atoms with Crippen molar-refractivity contribution >= 4 is 29.3 Å². The van der Waals surface area contributed by atoms with Gasteiger partial charge in [0.15, 0.2) is 6.61 Å². The second-order valence-electron chi connectivity index (χ2n) is 3.42. The van der Waals surface area contributed by atoms with E-state index in [0.29, 0.717) is 5.82 Å². The summed E-state index contributed by atoms with van der Waals surface area (Å²) < 4.78 is 4.55. The summed E-state index contributed by atoms with van der Waals surface area (Å²) in [5.41, 5.74) is 0.851. The normalized spacial score (nSPS) is 11.7. The van der Waals surface area contributed by atoms with Crippen molar-refractivity contribution in [3.05, 3.63) is 23.9 Å². The molecule has 0 fully saturated rings. The molecule has 0 aliphatic rings. The molecule has 1 aromatic heterocycles. The number of carbonyl (C=O) groups is 2. The fraction of sp³-hybridized carbons (Fsp3) is 0.364. The van der Waals surface area contributed by atoms with Gasteiger partial charge in [-0.25, -0.2) is 4.98 Å². The lowest BCUT2D eigenvalue weighted by atomic mass is 10.2. The topological polar surface area (TPSA) is 68.3 Å². The third-order valence-corrected chi connectivity index (χ3v) is 2.17. The second kappa shape index (κ2) is 6.20. The molecule has 1 atom stereocenters. The highest BCUT2D eigenvalue weighted by atomic mass is 35.5.